The summed E-state index contributed by atoms with van der Waals surface area (Å²) in [5.74, 6) is 0. The highest BCUT2D eigenvalue weighted by Crippen LogP contribution is 2.46. The molecule has 4 rings (SSSR count). The van der Waals surface area contributed by atoms with Gasteiger partial charge in [0.05, 0.1) is 8.39 Å². The van der Waals surface area contributed by atoms with E-state index < -0.39 is 0 Å². The molecule has 0 bridgehead atoms. The topological polar surface area (TPSA) is 0 Å². The van der Waals surface area contributed by atoms with Crippen LogP contribution in [0.25, 0.3) is 21.5 Å². The lowest BCUT2D eigenvalue weighted by Gasteiger charge is -2.08. The summed E-state index contributed by atoms with van der Waals surface area (Å²) in [6.45, 7) is 0. The van der Waals surface area contributed by atoms with Crippen molar-refractivity contribution in [2.45, 2.75) is 0 Å². The predicted octanol–water partition coefficient (Wildman–Crippen LogP) is 8.72. The molecule has 0 unspecified atom stereocenters. The van der Waals surface area contributed by atoms with Crippen molar-refractivity contribution in [1.29, 1.82) is 0 Å². The van der Waals surface area contributed by atoms with Gasteiger partial charge in [-0.05, 0) is 62.8 Å². The molecule has 0 nitrogen and oxygen atoms in total. The van der Waals surface area contributed by atoms with Crippen molar-refractivity contribution < 1.29 is 0 Å². The largest absolute Gasteiger partial charge is 0.0900 e. The summed E-state index contributed by atoms with van der Waals surface area (Å²) >= 11 is 11.3. The lowest BCUT2D eigenvalue weighted by atomic mass is 10.1. The number of hydrogen-bond donors (Lipinski definition) is 0. The van der Waals surface area contributed by atoms with Gasteiger partial charge in [-0.25, -0.2) is 0 Å². The maximum Gasteiger partial charge on any atom is 0.0900 e. The molecule has 0 aliphatic rings. The maximum atomic E-state index is 5.67. The SMILES string of the molecule is S=C(SSSSC(=S)c1cccc2ccccc12)c1cccc2ccccc12. The van der Waals surface area contributed by atoms with Crippen molar-refractivity contribution in [2.24, 2.45) is 0 Å². The quantitative estimate of drug-likeness (QED) is 0.161. The summed E-state index contributed by atoms with van der Waals surface area (Å²) in [7, 11) is 6.55. The predicted molar refractivity (Wildman–Crippen MR) is 142 cm³/mol. The molecular formula is C22H14S6. The van der Waals surface area contributed by atoms with Crippen LogP contribution in [0.3, 0.4) is 0 Å². The van der Waals surface area contributed by atoms with Crippen LogP contribution in [0, 0.1) is 0 Å². The molecule has 28 heavy (non-hydrogen) atoms. The summed E-state index contributed by atoms with van der Waals surface area (Å²) < 4.78 is 1.79. The fourth-order valence-corrected chi connectivity index (χ4v) is 9.75. The van der Waals surface area contributed by atoms with Crippen molar-refractivity contribution in [3.8, 4) is 0 Å². The van der Waals surface area contributed by atoms with Gasteiger partial charge in [-0.1, -0.05) is 109 Å². The zero-order valence-electron chi connectivity index (χ0n) is 14.5. The summed E-state index contributed by atoms with van der Waals surface area (Å²) in [6, 6.07) is 29.2. The maximum absolute atomic E-state index is 5.67. The first-order valence-electron chi connectivity index (χ1n) is 8.46. The van der Waals surface area contributed by atoms with Crippen LogP contribution in [0.1, 0.15) is 11.1 Å². The van der Waals surface area contributed by atoms with Crippen molar-refractivity contribution >= 4 is 95.6 Å². The van der Waals surface area contributed by atoms with E-state index in [1.54, 1.807) is 41.2 Å². The van der Waals surface area contributed by atoms with Crippen molar-refractivity contribution in [1.82, 2.24) is 0 Å². The van der Waals surface area contributed by atoms with Gasteiger partial charge in [0.25, 0.3) is 0 Å². The Labute approximate surface area is 190 Å². The van der Waals surface area contributed by atoms with Gasteiger partial charge in [0, 0.05) is 11.1 Å². The first kappa shape index (κ1) is 20.3. The van der Waals surface area contributed by atoms with Gasteiger partial charge in [0.1, 0.15) is 0 Å². The fraction of sp³-hybridized carbons (Fsp3) is 0. The highest BCUT2D eigenvalue weighted by molar-refractivity contribution is 9.29. The van der Waals surface area contributed by atoms with Gasteiger partial charge in [-0.2, -0.15) is 0 Å². The van der Waals surface area contributed by atoms with Crippen LogP contribution in [0.4, 0.5) is 0 Å². The summed E-state index contributed by atoms with van der Waals surface area (Å²) in [4.78, 5) is 0. The van der Waals surface area contributed by atoms with Gasteiger partial charge in [0.15, 0.2) is 0 Å². The lowest BCUT2D eigenvalue weighted by molar-refractivity contribution is 1.73. The zero-order chi connectivity index (χ0) is 19.3. The van der Waals surface area contributed by atoms with E-state index in [9.17, 15) is 0 Å². The van der Waals surface area contributed by atoms with E-state index in [-0.39, 0.29) is 0 Å². The number of fused-ring (bicyclic) bond motifs is 2. The first-order chi connectivity index (χ1) is 13.7. The van der Waals surface area contributed by atoms with Crippen LogP contribution in [0.15, 0.2) is 84.9 Å². The highest BCUT2D eigenvalue weighted by Gasteiger charge is 2.10. The molecular weight excluding hydrogens is 457 g/mol. The van der Waals surface area contributed by atoms with Crippen LogP contribution in [0.5, 0.6) is 0 Å². The minimum atomic E-state index is 0.894. The normalized spacial score (nSPS) is 11.0. The second-order valence-corrected chi connectivity index (χ2v) is 13.0. The molecule has 0 spiro atoms. The average molecular weight is 471 g/mol. The van der Waals surface area contributed by atoms with Gasteiger partial charge in [0.2, 0.25) is 0 Å². The molecule has 6 heteroatoms. The fourth-order valence-electron chi connectivity index (χ4n) is 2.99. The third-order valence-corrected chi connectivity index (χ3v) is 11.6. The van der Waals surface area contributed by atoms with Crippen molar-refractivity contribution in [2.75, 3.05) is 0 Å². The Morgan fingerprint density at radius 1 is 0.500 bits per heavy atom. The molecule has 138 valence electrons. The van der Waals surface area contributed by atoms with Gasteiger partial charge < -0.3 is 0 Å². The number of hydrogen-bond acceptors (Lipinski definition) is 6. The van der Waals surface area contributed by atoms with Crippen LogP contribution in [-0.4, -0.2) is 8.39 Å². The Kier molecular flexibility index (Phi) is 6.99. The minimum Gasteiger partial charge on any atom is -0.0709 e. The molecule has 0 atom stereocenters. The third kappa shape index (κ3) is 4.58. The number of benzene rings is 4. The number of rotatable bonds is 5. The van der Waals surface area contributed by atoms with Gasteiger partial charge >= 0.3 is 0 Å². The molecule has 4 aromatic rings. The summed E-state index contributed by atoms with van der Waals surface area (Å²) in [5.41, 5.74) is 2.24. The van der Waals surface area contributed by atoms with Crippen LogP contribution >= 0.6 is 65.7 Å². The summed E-state index contributed by atoms with van der Waals surface area (Å²) in [5, 5.41) is 4.83. The molecule has 0 aliphatic carbocycles. The Balaban J connectivity index is 1.38. The van der Waals surface area contributed by atoms with E-state index >= 15 is 0 Å². The lowest BCUT2D eigenvalue weighted by Crippen LogP contribution is -1.91. The second kappa shape index (κ2) is 9.65. The van der Waals surface area contributed by atoms with Gasteiger partial charge in [-0.3, -0.25) is 0 Å². The Morgan fingerprint density at radius 3 is 1.36 bits per heavy atom. The third-order valence-electron chi connectivity index (χ3n) is 4.27. The van der Waals surface area contributed by atoms with E-state index in [0.29, 0.717) is 0 Å². The molecule has 0 N–H and O–H groups in total. The zero-order valence-corrected chi connectivity index (χ0v) is 19.4. The highest BCUT2D eigenvalue weighted by atomic mass is 33.7. The Bertz CT molecular complexity index is 1060. The molecule has 0 heterocycles. The van der Waals surface area contributed by atoms with Crippen LogP contribution in [0.2, 0.25) is 0 Å². The first-order valence-corrected chi connectivity index (χ1v) is 14.1. The molecule has 0 amide bonds. The molecule has 4 aromatic carbocycles. The molecule has 0 radical (unpaired) electrons. The second-order valence-electron chi connectivity index (χ2n) is 5.93. The summed E-state index contributed by atoms with van der Waals surface area (Å²) in [6.07, 6.45) is 0. The molecule has 0 fully saturated rings. The standard InChI is InChI=1S/C22H14S6/c23-21(19-13-5-9-15-7-1-3-11-17(15)19)25-27-28-26-22(24)20-14-6-10-16-8-2-4-12-18(16)20/h1-14H. The average Bonchev–Trinajstić information content (AvgIpc) is 2.75. The Hall–Kier alpha value is -1.02. The molecule has 0 saturated carbocycles. The van der Waals surface area contributed by atoms with Crippen LogP contribution < -0.4 is 0 Å². The van der Waals surface area contributed by atoms with Crippen molar-refractivity contribution in [3.63, 3.8) is 0 Å². The Morgan fingerprint density at radius 2 is 0.893 bits per heavy atom. The smallest absolute Gasteiger partial charge is 0.0709 e. The van der Waals surface area contributed by atoms with E-state index in [1.807, 2.05) is 0 Å². The molecule has 0 aliphatic heterocycles. The monoisotopic (exact) mass is 470 g/mol. The number of thiocarbonyl (C=S) groups is 2. The molecule has 0 aromatic heterocycles. The van der Waals surface area contributed by atoms with Crippen molar-refractivity contribution in [3.05, 3.63) is 96.1 Å². The van der Waals surface area contributed by atoms with E-state index in [4.69, 9.17) is 24.4 Å². The van der Waals surface area contributed by atoms with Crippen LogP contribution in [-0.2, 0) is 0 Å². The van der Waals surface area contributed by atoms with E-state index in [0.717, 1.165) is 19.5 Å². The minimum absolute atomic E-state index is 0.894. The van der Waals surface area contributed by atoms with E-state index in [1.165, 1.54) is 21.5 Å². The van der Waals surface area contributed by atoms with E-state index in [2.05, 4.69) is 84.9 Å². The molecule has 0 saturated heterocycles. The van der Waals surface area contributed by atoms with Gasteiger partial charge in [-0.15, -0.1) is 0 Å².